The fourth-order valence-electron chi connectivity index (χ4n) is 1.17. The van der Waals surface area contributed by atoms with E-state index >= 15 is 0 Å². The molecule has 0 saturated heterocycles. The van der Waals surface area contributed by atoms with E-state index in [1.165, 1.54) is 6.92 Å². The summed E-state index contributed by atoms with van der Waals surface area (Å²) in [4.78, 5) is 22.5. The molecule has 1 atom stereocenters. The minimum Gasteiger partial charge on any atom is -0.460 e. The summed E-state index contributed by atoms with van der Waals surface area (Å²) < 4.78 is 42.8. The van der Waals surface area contributed by atoms with Crippen LogP contribution < -0.4 is 5.32 Å². The highest BCUT2D eigenvalue weighted by molar-refractivity contribution is 5.86. The van der Waals surface area contributed by atoms with E-state index in [2.05, 4.69) is 16.6 Å². The Morgan fingerprint density at radius 2 is 1.86 bits per heavy atom. The maximum Gasteiger partial charge on any atom is 0.407 e. The Balaban J connectivity index is 3.94. The van der Waals surface area contributed by atoms with Crippen molar-refractivity contribution < 1.29 is 37.3 Å². The molecule has 0 aromatic rings. The molecular formula is C13H21F2NO6. The summed E-state index contributed by atoms with van der Waals surface area (Å²) in [5, 5.41) is 2.33. The molecule has 0 aromatic carbocycles. The highest BCUT2D eigenvalue weighted by Gasteiger charge is 2.15. The van der Waals surface area contributed by atoms with E-state index in [0.717, 1.165) is 0 Å². The molecule has 0 rings (SSSR count). The fraction of sp³-hybridized carbons (Fsp3) is 0.692. The molecule has 0 heterocycles. The van der Waals surface area contributed by atoms with Crippen LogP contribution in [0.5, 0.6) is 0 Å². The first-order valence-corrected chi connectivity index (χ1v) is 6.55. The third-order valence-electron chi connectivity index (χ3n) is 2.13. The molecule has 0 aliphatic carbocycles. The van der Waals surface area contributed by atoms with Crippen LogP contribution >= 0.6 is 0 Å². The molecule has 0 spiro atoms. The Morgan fingerprint density at radius 3 is 2.45 bits per heavy atom. The van der Waals surface area contributed by atoms with Crippen LogP contribution in [0.2, 0.25) is 0 Å². The molecule has 0 radical (unpaired) electrons. The van der Waals surface area contributed by atoms with E-state index < -0.39 is 31.7 Å². The third kappa shape index (κ3) is 11.0. The van der Waals surface area contributed by atoms with Gasteiger partial charge in [0.1, 0.15) is 13.3 Å². The zero-order valence-corrected chi connectivity index (χ0v) is 12.4. The number of alkyl halides is 2. The van der Waals surface area contributed by atoms with Crippen LogP contribution in [-0.2, 0) is 23.7 Å². The van der Waals surface area contributed by atoms with Gasteiger partial charge in [0.05, 0.1) is 26.4 Å². The molecule has 1 N–H and O–H groups in total. The van der Waals surface area contributed by atoms with Gasteiger partial charge in [0.25, 0.3) is 0 Å². The van der Waals surface area contributed by atoms with Crippen LogP contribution in [0, 0.1) is 0 Å². The molecule has 7 nitrogen and oxygen atoms in total. The van der Waals surface area contributed by atoms with Crippen LogP contribution in [0.3, 0.4) is 0 Å². The Hall–Kier alpha value is -1.74. The largest absolute Gasteiger partial charge is 0.460 e. The second-order valence-corrected chi connectivity index (χ2v) is 4.11. The number of esters is 1. The average molecular weight is 325 g/mol. The Bertz CT molecular complexity index is 353. The number of halogens is 2. The summed E-state index contributed by atoms with van der Waals surface area (Å²) in [7, 11) is 0. The average Bonchev–Trinajstić information content (AvgIpc) is 2.48. The molecular weight excluding hydrogens is 304 g/mol. The van der Waals surface area contributed by atoms with Gasteiger partial charge in [-0.1, -0.05) is 6.58 Å². The lowest BCUT2D eigenvalue weighted by atomic mass is 10.4. The molecule has 22 heavy (non-hydrogen) atoms. The van der Waals surface area contributed by atoms with E-state index in [4.69, 9.17) is 14.2 Å². The standard InChI is InChI=1S/C13H21F2NO6/c1-10(2)12(17)21-6-4-16-13(18)22-11(8-20-9-15)7-19-5-3-14/h11H,1,3-9H2,2H3,(H,16,18). The normalized spacial score (nSPS) is 11.6. The Labute approximate surface area is 127 Å². The lowest BCUT2D eigenvalue weighted by molar-refractivity contribution is -0.138. The SMILES string of the molecule is C=C(C)C(=O)OCCNC(=O)OC(COCF)COCCF. The van der Waals surface area contributed by atoms with Crippen molar-refractivity contribution in [3.8, 4) is 0 Å². The zero-order valence-electron chi connectivity index (χ0n) is 12.4. The summed E-state index contributed by atoms with van der Waals surface area (Å²) in [5.74, 6) is -0.566. The molecule has 0 aromatic heterocycles. The summed E-state index contributed by atoms with van der Waals surface area (Å²) >= 11 is 0. The highest BCUT2D eigenvalue weighted by Crippen LogP contribution is 1.97. The molecule has 0 bridgehead atoms. The molecule has 1 amide bonds. The van der Waals surface area contributed by atoms with Gasteiger partial charge in [-0.15, -0.1) is 0 Å². The van der Waals surface area contributed by atoms with Gasteiger partial charge in [0.2, 0.25) is 0 Å². The van der Waals surface area contributed by atoms with Crippen molar-refractivity contribution in [2.75, 3.05) is 46.5 Å². The van der Waals surface area contributed by atoms with E-state index in [9.17, 15) is 18.4 Å². The molecule has 0 aliphatic rings. The second kappa shape index (κ2) is 13.0. The summed E-state index contributed by atoms with van der Waals surface area (Å²) in [5.41, 5.74) is 0.246. The number of alkyl carbamates (subject to hydrolysis) is 1. The number of hydrogen-bond acceptors (Lipinski definition) is 6. The lowest BCUT2D eigenvalue weighted by Gasteiger charge is -2.17. The zero-order chi connectivity index (χ0) is 16.8. The van der Waals surface area contributed by atoms with E-state index in [1.807, 2.05) is 0 Å². The van der Waals surface area contributed by atoms with Crippen molar-refractivity contribution in [2.45, 2.75) is 13.0 Å². The summed E-state index contributed by atoms with van der Waals surface area (Å²) in [6.07, 6.45) is -1.69. The van der Waals surface area contributed by atoms with Crippen molar-refractivity contribution >= 4 is 12.1 Å². The number of rotatable bonds is 12. The number of hydrogen-bond donors (Lipinski definition) is 1. The lowest BCUT2D eigenvalue weighted by Crippen LogP contribution is -2.36. The summed E-state index contributed by atoms with van der Waals surface area (Å²) in [6, 6.07) is 0. The first kappa shape index (κ1) is 20.3. The quantitative estimate of drug-likeness (QED) is 0.329. The van der Waals surface area contributed by atoms with Gasteiger partial charge in [-0.3, -0.25) is 0 Å². The van der Waals surface area contributed by atoms with Crippen molar-refractivity contribution in [2.24, 2.45) is 0 Å². The van der Waals surface area contributed by atoms with Gasteiger partial charge in [0.15, 0.2) is 13.0 Å². The maximum atomic E-state index is 11.9. The van der Waals surface area contributed by atoms with Crippen LogP contribution in [0.4, 0.5) is 13.6 Å². The first-order valence-electron chi connectivity index (χ1n) is 6.55. The summed E-state index contributed by atoms with van der Waals surface area (Å²) in [6.45, 7) is 2.65. The highest BCUT2D eigenvalue weighted by atomic mass is 19.1. The van der Waals surface area contributed by atoms with Gasteiger partial charge in [-0.25, -0.2) is 18.4 Å². The van der Waals surface area contributed by atoms with Gasteiger partial charge in [-0.2, -0.15) is 0 Å². The molecule has 128 valence electrons. The van der Waals surface area contributed by atoms with Gasteiger partial charge >= 0.3 is 12.1 Å². The van der Waals surface area contributed by atoms with Crippen molar-refractivity contribution in [1.82, 2.24) is 5.32 Å². The van der Waals surface area contributed by atoms with Crippen LogP contribution in [0.15, 0.2) is 12.2 Å². The second-order valence-electron chi connectivity index (χ2n) is 4.11. The monoisotopic (exact) mass is 325 g/mol. The minimum atomic E-state index is -1.04. The van der Waals surface area contributed by atoms with Crippen molar-refractivity contribution in [1.29, 1.82) is 0 Å². The smallest absolute Gasteiger partial charge is 0.407 e. The van der Waals surface area contributed by atoms with E-state index in [-0.39, 0.29) is 38.5 Å². The number of nitrogens with one attached hydrogen (secondary N) is 1. The molecule has 0 saturated carbocycles. The van der Waals surface area contributed by atoms with Crippen LogP contribution in [-0.4, -0.2) is 64.7 Å². The van der Waals surface area contributed by atoms with Crippen LogP contribution in [0.25, 0.3) is 0 Å². The van der Waals surface area contributed by atoms with Crippen molar-refractivity contribution in [3.63, 3.8) is 0 Å². The molecule has 9 heteroatoms. The van der Waals surface area contributed by atoms with E-state index in [1.54, 1.807) is 0 Å². The van der Waals surface area contributed by atoms with Gasteiger partial charge in [-0.05, 0) is 6.92 Å². The Kier molecular flexibility index (Phi) is 11.9. The molecule has 0 aliphatic heterocycles. The maximum absolute atomic E-state index is 11.9. The predicted molar refractivity (Wildman–Crippen MR) is 72.8 cm³/mol. The van der Waals surface area contributed by atoms with Crippen molar-refractivity contribution in [3.05, 3.63) is 12.2 Å². The number of amides is 1. The molecule has 0 fully saturated rings. The number of ether oxygens (including phenoxy) is 4. The van der Waals surface area contributed by atoms with E-state index in [0.29, 0.717) is 0 Å². The predicted octanol–water partition coefficient (Wildman–Crippen LogP) is 1.13. The third-order valence-corrected chi connectivity index (χ3v) is 2.13. The van der Waals surface area contributed by atoms with Gasteiger partial charge < -0.3 is 24.3 Å². The van der Waals surface area contributed by atoms with Crippen LogP contribution in [0.1, 0.15) is 6.92 Å². The minimum absolute atomic E-state index is 0.0277. The fourth-order valence-corrected chi connectivity index (χ4v) is 1.17. The van der Waals surface area contributed by atoms with Gasteiger partial charge in [0, 0.05) is 5.57 Å². The number of carbonyl (C=O) groups excluding carboxylic acids is 2. The Morgan fingerprint density at radius 1 is 1.18 bits per heavy atom. The molecule has 1 unspecified atom stereocenters. The number of carbonyl (C=O) groups is 2. The first-order chi connectivity index (χ1) is 10.5. The topological polar surface area (TPSA) is 83.1 Å².